The molecule has 0 saturated heterocycles. The maximum Gasteiger partial charge on any atom is 0.356 e. The fourth-order valence-electron chi connectivity index (χ4n) is 0.886. The number of aromatic carboxylic acids is 1. The SMILES string of the molecule is CSC(C)CNc1cncc(C(=O)O)n1. The normalized spacial score (nSPS) is 12.1. The quantitative estimate of drug-likeness (QED) is 0.790. The number of carboxylic acid groups (broad SMARTS) is 1. The fourth-order valence-corrected chi connectivity index (χ4v) is 1.14. The largest absolute Gasteiger partial charge is 0.476 e. The maximum atomic E-state index is 10.6. The minimum Gasteiger partial charge on any atom is -0.476 e. The molecule has 1 aromatic rings. The molecular formula is C9H13N3O2S. The zero-order chi connectivity index (χ0) is 11.3. The molecule has 6 heteroatoms. The zero-order valence-electron chi connectivity index (χ0n) is 8.60. The summed E-state index contributed by atoms with van der Waals surface area (Å²) in [4.78, 5) is 18.3. The average Bonchev–Trinajstić information content (AvgIpc) is 2.26. The Bertz CT molecular complexity index is 346. The van der Waals surface area contributed by atoms with Crippen LogP contribution in [0, 0.1) is 0 Å². The van der Waals surface area contributed by atoms with Crippen molar-refractivity contribution in [2.75, 3.05) is 18.1 Å². The first-order valence-corrected chi connectivity index (χ1v) is 5.74. The van der Waals surface area contributed by atoms with Crippen molar-refractivity contribution in [1.82, 2.24) is 9.97 Å². The summed E-state index contributed by atoms with van der Waals surface area (Å²) in [6.45, 7) is 2.81. The molecule has 5 nitrogen and oxygen atoms in total. The van der Waals surface area contributed by atoms with Crippen LogP contribution in [0.1, 0.15) is 17.4 Å². The van der Waals surface area contributed by atoms with Crippen LogP contribution >= 0.6 is 11.8 Å². The lowest BCUT2D eigenvalue weighted by molar-refractivity contribution is 0.0690. The molecule has 0 amide bonds. The second-order valence-corrected chi connectivity index (χ2v) is 4.30. The molecule has 0 saturated carbocycles. The first kappa shape index (κ1) is 11.8. The van der Waals surface area contributed by atoms with Crippen LogP contribution in [0.25, 0.3) is 0 Å². The predicted octanol–water partition coefficient (Wildman–Crippen LogP) is 1.34. The Morgan fingerprint density at radius 3 is 3.00 bits per heavy atom. The highest BCUT2D eigenvalue weighted by Gasteiger charge is 2.06. The number of nitrogens with one attached hydrogen (secondary N) is 1. The van der Waals surface area contributed by atoms with Gasteiger partial charge in [-0.05, 0) is 6.26 Å². The lowest BCUT2D eigenvalue weighted by Crippen LogP contribution is -2.14. The van der Waals surface area contributed by atoms with Gasteiger partial charge in [-0.1, -0.05) is 6.92 Å². The van der Waals surface area contributed by atoms with Crippen LogP contribution in [0.3, 0.4) is 0 Å². The van der Waals surface area contributed by atoms with Gasteiger partial charge >= 0.3 is 5.97 Å². The van der Waals surface area contributed by atoms with Crippen LogP contribution in [0.5, 0.6) is 0 Å². The van der Waals surface area contributed by atoms with Gasteiger partial charge in [-0.2, -0.15) is 11.8 Å². The van der Waals surface area contributed by atoms with Crippen molar-refractivity contribution in [3.05, 3.63) is 18.1 Å². The van der Waals surface area contributed by atoms with E-state index in [2.05, 4.69) is 22.2 Å². The molecule has 1 aromatic heterocycles. The van der Waals surface area contributed by atoms with Gasteiger partial charge in [-0.15, -0.1) is 0 Å². The number of hydrogen-bond donors (Lipinski definition) is 2. The molecule has 0 aromatic carbocycles. The molecule has 82 valence electrons. The molecule has 1 unspecified atom stereocenters. The summed E-state index contributed by atoms with van der Waals surface area (Å²) in [5.41, 5.74) is -0.0446. The molecule has 1 atom stereocenters. The molecule has 1 heterocycles. The summed E-state index contributed by atoms with van der Waals surface area (Å²) in [6, 6.07) is 0. The standard InChI is InChI=1S/C9H13N3O2S/c1-6(15-2)3-11-8-5-10-4-7(12-8)9(13)14/h4-6H,3H2,1-2H3,(H,11,12)(H,13,14). The Morgan fingerprint density at radius 2 is 2.40 bits per heavy atom. The van der Waals surface area contributed by atoms with Crippen molar-refractivity contribution in [2.24, 2.45) is 0 Å². The van der Waals surface area contributed by atoms with Crippen molar-refractivity contribution in [1.29, 1.82) is 0 Å². The number of rotatable bonds is 5. The van der Waals surface area contributed by atoms with Crippen molar-refractivity contribution in [3.8, 4) is 0 Å². The number of aromatic nitrogens is 2. The number of carbonyl (C=O) groups is 1. The number of carboxylic acids is 1. The molecule has 0 aliphatic carbocycles. The number of hydrogen-bond acceptors (Lipinski definition) is 5. The zero-order valence-corrected chi connectivity index (χ0v) is 9.41. The summed E-state index contributed by atoms with van der Waals surface area (Å²) in [6.07, 6.45) is 4.76. The van der Waals surface area contributed by atoms with E-state index in [9.17, 15) is 4.79 Å². The predicted molar refractivity (Wildman–Crippen MR) is 60.5 cm³/mol. The van der Waals surface area contributed by atoms with Crippen LogP contribution in [0.15, 0.2) is 12.4 Å². The van der Waals surface area contributed by atoms with Gasteiger partial charge in [0.05, 0.1) is 12.4 Å². The van der Waals surface area contributed by atoms with Crippen LogP contribution in [0.4, 0.5) is 5.82 Å². The lowest BCUT2D eigenvalue weighted by atomic mass is 10.4. The Balaban J connectivity index is 2.62. The fraction of sp³-hybridized carbons (Fsp3) is 0.444. The van der Waals surface area contributed by atoms with E-state index >= 15 is 0 Å². The van der Waals surface area contributed by atoms with Gasteiger partial charge in [-0.3, -0.25) is 4.98 Å². The molecule has 2 N–H and O–H groups in total. The smallest absolute Gasteiger partial charge is 0.356 e. The summed E-state index contributed by atoms with van der Waals surface area (Å²) >= 11 is 1.73. The first-order chi connectivity index (χ1) is 7.13. The third-order valence-corrected chi connectivity index (χ3v) is 2.80. The van der Waals surface area contributed by atoms with Gasteiger partial charge in [-0.25, -0.2) is 9.78 Å². The molecule has 1 rings (SSSR count). The van der Waals surface area contributed by atoms with E-state index in [1.807, 2.05) is 6.26 Å². The van der Waals surface area contributed by atoms with Crippen LogP contribution in [-0.4, -0.2) is 39.1 Å². The second-order valence-electron chi connectivity index (χ2n) is 3.02. The highest BCUT2D eigenvalue weighted by molar-refractivity contribution is 7.99. The highest BCUT2D eigenvalue weighted by Crippen LogP contribution is 2.07. The molecule has 0 fully saturated rings. The summed E-state index contributed by atoms with van der Waals surface area (Å²) in [7, 11) is 0. The number of nitrogens with zero attached hydrogens (tertiary/aromatic N) is 2. The Morgan fingerprint density at radius 1 is 1.67 bits per heavy atom. The summed E-state index contributed by atoms with van der Waals surface area (Å²) in [5, 5.41) is 12.2. The Hall–Kier alpha value is -1.30. The van der Waals surface area contributed by atoms with Gasteiger partial charge in [0.15, 0.2) is 5.69 Å². The minimum atomic E-state index is -1.07. The van der Waals surface area contributed by atoms with Crippen molar-refractivity contribution >= 4 is 23.5 Å². The number of thioether (sulfide) groups is 1. The summed E-state index contributed by atoms with van der Waals surface area (Å²) in [5.74, 6) is -0.570. The van der Waals surface area contributed by atoms with Crippen molar-refractivity contribution < 1.29 is 9.90 Å². The van der Waals surface area contributed by atoms with E-state index in [0.717, 1.165) is 6.54 Å². The molecule has 0 aliphatic rings. The van der Waals surface area contributed by atoms with Gasteiger partial charge < -0.3 is 10.4 Å². The lowest BCUT2D eigenvalue weighted by Gasteiger charge is -2.09. The van der Waals surface area contributed by atoms with E-state index < -0.39 is 5.97 Å². The van der Waals surface area contributed by atoms with Gasteiger partial charge in [0, 0.05) is 11.8 Å². The van der Waals surface area contributed by atoms with E-state index in [1.54, 1.807) is 11.8 Å². The third kappa shape index (κ3) is 3.75. The van der Waals surface area contributed by atoms with Crippen LogP contribution in [0.2, 0.25) is 0 Å². The first-order valence-electron chi connectivity index (χ1n) is 4.45. The molecule has 0 radical (unpaired) electrons. The average molecular weight is 227 g/mol. The Labute approximate surface area is 92.3 Å². The van der Waals surface area contributed by atoms with E-state index in [-0.39, 0.29) is 5.69 Å². The van der Waals surface area contributed by atoms with E-state index in [4.69, 9.17) is 5.11 Å². The Kier molecular flexibility index (Phi) is 4.36. The highest BCUT2D eigenvalue weighted by atomic mass is 32.2. The van der Waals surface area contributed by atoms with Crippen molar-refractivity contribution in [3.63, 3.8) is 0 Å². The van der Waals surface area contributed by atoms with Gasteiger partial charge in [0.1, 0.15) is 5.82 Å². The molecule has 15 heavy (non-hydrogen) atoms. The van der Waals surface area contributed by atoms with Gasteiger partial charge in [0.2, 0.25) is 0 Å². The second kappa shape index (κ2) is 5.55. The van der Waals surface area contributed by atoms with Crippen LogP contribution < -0.4 is 5.32 Å². The molecule has 0 spiro atoms. The van der Waals surface area contributed by atoms with Gasteiger partial charge in [0.25, 0.3) is 0 Å². The molecule has 0 bridgehead atoms. The molecular weight excluding hydrogens is 214 g/mol. The van der Waals surface area contributed by atoms with Crippen molar-refractivity contribution in [2.45, 2.75) is 12.2 Å². The molecule has 0 aliphatic heterocycles. The topological polar surface area (TPSA) is 75.1 Å². The van der Waals surface area contributed by atoms with Crippen LogP contribution in [-0.2, 0) is 0 Å². The van der Waals surface area contributed by atoms with E-state index in [0.29, 0.717) is 11.1 Å². The maximum absolute atomic E-state index is 10.6. The summed E-state index contributed by atoms with van der Waals surface area (Å²) < 4.78 is 0. The minimum absolute atomic E-state index is 0.0446. The number of anilines is 1. The van der Waals surface area contributed by atoms with E-state index in [1.165, 1.54) is 12.4 Å². The monoisotopic (exact) mass is 227 g/mol. The third-order valence-electron chi connectivity index (χ3n) is 1.83.